The third-order valence-corrected chi connectivity index (χ3v) is 11.9. The Balaban J connectivity index is 1.39. The molecular weight excluding hydrogens is 801 g/mol. The monoisotopic (exact) mass is 871 g/mol. The summed E-state index contributed by atoms with van der Waals surface area (Å²) in [4.78, 5) is 20.7. The molecule has 0 unspecified atom stereocenters. The van der Waals surface area contributed by atoms with Gasteiger partial charge in [-0.15, -0.1) is 0 Å². The average molecular weight is 871 g/mol. The number of H-pyrrole nitrogens is 2. The number of benzene rings is 2. The highest BCUT2D eigenvalue weighted by Crippen LogP contribution is 2.30. The Morgan fingerprint density at radius 2 is 0.984 bits per heavy atom. The summed E-state index contributed by atoms with van der Waals surface area (Å²) in [6, 6.07) is 15.5. The number of carbonyl (C=O) groups excluding carboxylic acids is 1. The van der Waals surface area contributed by atoms with Gasteiger partial charge in [0.1, 0.15) is 17.3 Å². The number of aromatic amines is 2. The number of carbonyl (C=O) groups is 1. The molecule has 2 N–H and O–H groups in total. The maximum atomic E-state index is 14.1. The van der Waals surface area contributed by atoms with Crippen molar-refractivity contribution in [2.24, 2.45) is 0 Å². The molecule has 0 amide bonds. The molecule has 2 aromatic carbocycles. The van der Waals surface area contributed by atoms with Crippen molar-refractivity contribution in [3.8, 4) is 35.2 Å². The van der Waals surface area contributed by atoms with Crippen molar-refractivity contribution < 1.29 is 27.6 Å². The van der Waals surface area contributed by atoms with Crippen molar-refractivity contribution in [1.82, 2.24) is 9.97 Å². The lowest BCUT2D eigenvalue weighted by atomic mass is 10.00. The molecule has 64 heavy (non-hydrogen) atoms. The molecule has 1 aliphatic heterocycles. The molecule has 0 fully saturated rings. The minimum absolute atomic E-state index is 0.234. The maximum absolute atomic E-state index is 14.1. The highest BCUT2D eigenvalue weighted by molar-refractivity contribution is 6.36. The van der Waals surface area contributed by atoms with E-state index in [0.717, 1.165) is 76.6 Å². The fourth-order valence-electron chi connectivity index (χ4n) is 8.51. The molecule has 0 saturated heterocycles. The van der Waals surface area contributed by atoms with Crippen LogP contribution in [0.1, 0.15) is 191 Å². The van der Waals surface area contributed by atoms with Gasteiger partial charge in [0, 0.05) is 17.2 Å². The maximum Gasteiger partial charge on any atom is 0.796 e. The lowest BCUT2D eigenvalue weighted by Gasteiger charge is -2.10. The number of ether oxygens (including phenoxy) is 2. The first kappa shape index (κ1) is 49.6. The van der Waals surface area contributed by atoms with Crippen LogP contribution in [0.5, 0.6) is 11.5 Å². The van der Waals surface area contributed by atoms with Gasteiger partial charge < -0.3 is 24.1 Å². The third kappa shape index (κ3) is 15.7. The molecule has 6 nitrogen and oxygen atoms in total. The Bertz CT molecular complexity index is 2260. The van der Waals surface area contributed by atoms with E-state index in [1.807, 2.05) is 76.2 Å². The SMILES string of the molecule is CCc1c2[nH]c(c1CC)C(=O)C=C(OB(F)F)c1[nH]c(c(CC)c1CC)C#Cc1cccc(c1)OCCCCCCCCCCC=CCCCCCCCCOc1cccc(c1)C#C2. The zero-order valence-corrected chi connectivity index (χ0v) is 38.9. The first-order valence-corrected chi connectivity index (χ1v) is 24.2. The Labute approximate surface area is 382 Å². The summed E-state index contributed by atoms with van der Waals surface area (Å²) in [5.74, 6) is 13.8. The quantitative estimate of drug-likeness (QED) is 0.115. The van der Waals surface area contributed by atoms with Crippen LogP contribution in [0.4, 0.5) is 8.63 Å². The smallest absolute Gasteiger partial charge is 0.503 e. The molecule has 3 heterocycles. The number of nitrogens with one attached hydrogen (secondary N) is 2. The summed E-state index contributed by atoms with van der Waals surface area (Å²) in [6.07, 6.45) is 27.6. The van der Waals surface area contributed by atoms with Gasteiger partial charge in [0.05, 0.1) is 36.0 Å². The van der Waals surface area contributed by atoms with Gasteiger partial charge in [-0.2, -0.15) is 0 Å². The first-order valence-electron chi connectivity index (χ1n) is 24.2. The van der Waals surface area contributed by atoms with E-state index in [2.05, 4.69) is 45.8 Å². The van der Waals surface area contributed by atoms with Crippen LogP contribution in [-0.2, 0) is 30.3 Å². The lowest BCUT2D eigenvalue weighted by Crippen LogP contribution is -2.09. The Hall–Kier alpha value is -5.41. The molecule has 9 heteroatoms. The fraction of sp³-hybridized carbons (Fsp3) is 0.473. The summed E-state index contributed by atoms with van der Waals surface area (Å²) in [5, 5.41) is 0. The van der Waals surface area contributed by atoms with Crippen LogP contribution in [0, 0.1) is 23.7 Å². The highest BCUT2D eigenvalue weighted by atomic mass is 19.2. The number of hydrogen-bond donors (Lipinski definition) is 2. The zero-order chi connectivity index (χ0) is 45.4. The largest absolute Gasteiger partial charge is 0.796 e. The predicted octanol–water partition coefficient (Wildman–Crippen LogP) is 14.1. The van der Waals surface area contributed by atoms with Crippen LogP contribution in [-0.4, -0.2) is 36.4 Å². The van der Waals surface area contributed by atoms with Crippen LogP contribution in [0.15, 0.2) is 66.8 Å². The Morgan fingerprint density at radius 1 is 0.562 bits per heavy atom. The standard InChI is InChI=1S/C55H69BF2N2O4/c1-5-46-48(7-3)54-52(61)41-53(64-56(57)58)55-49(8-4)47(6-2)51(60-55)36-34-43-30-28-32-45(40-43)63-38-26-24-22-20-18-16-14-12-10-9-11-13-15-17-19-21-23-25-37-62-44-31-27-29-42(39-44)33-35-50(46)59-54/h9,11,27-32,39-41,59-60H,5-8,10,12-26,37-38H2,1-4H3. The summed E-state index contributed by atoms with van der Waals surface area (Å²) in [5.41, 5.74) is 6.83. The zero-order valence-electron chi connectivity index (χ0n) is 38.9. The normalized spacial score (nSPS) is 15.7. The molecule has 1 aliphatic rings. The molecule has 0 spiro atoms. The molecule has 340 valence electrons. The molecule has 8 bridgehead atoms. The van der Waals surface area contributed by atoms with Crippen LogP contribution in [0.3, 0.4) is 0 Å². The van der Waals surface area contributed by atoms with Gasteiger partial charge in [0.15, 0.2) is 0 Å². The Kier molecular flexibility index (Phi) is 21.5. The third-order valence-electron chi connectivity index (χ3n) is 11.9. The molecule has 0 atom stereocenters. The fourth-order valence-corrected chi connectivity index (χ4v) is 8.51. The summed E-state index contributed by atoms with van der Waals surface area (Å²) in [7, 11) is -3.15. The summed E-state index contributed by atoms with van der Waals surface area (Å²) >= 11 is 0. The van der Waals surface area contributed by atoms with Crippen LogP contribution >= 0.6 is 0 Å². The van der Waals surface area contributed by atoms with E-state index in [1.165, 1.54) is 77.0 Å². The van der Waals surface area contributed by atoms with E-state index in [0.29, 0.717) is 61.7 Å². The Morgan fingerprint density at radius 3 is 1.44 bits per heavy atom. The molecular formula is C55H69BF2N2O4. The van der Waals surface area contributed by atoms with E-state index in [9.17, 15) is 13.4 Å². The number of allylic oxidation sites excluding steroid dienone is 3. The van der Waals surface area contributed by atoms with Gasteiger partial charge >= 0.3 is 7.47 Å². The second-order valence-corrected chi connectivity index (χ2v) is 16.6. The van der Waals surface area contributed by atoms with Gasteiger partial charge in [-0.05, 0) is 135 Å². The summed E-state index contributed by atoms with van der Waals surface area (Å²) < 4.78 is 45.6. The number of rotatable bonds is 6. The molecule has 4 aromatic rings. The topological polar surface area (TPSA) is 76.3 Å². The van der Waals surface area contributed by atoms with Crippen molar-refractivity contribution in [3.63, 3.8) is 0 Å². The van der Waals surface area contributed by atoms with Crippen molar-refractivity contribution >= 4 is 19.0 Å². The minimum Gasteiger partial charge on any atom is -0.503 e. The molecule has 0 saturated carbocycles. The first-order chi connectivity index (χ1) is 31.3. The van der Waals surface area contributed by atoms with Gasteiger partial charge in [-0.3, -0.25) is 4.79 Å². The van der Waals surface area contributed by atoms with E-state index >= 15 is 0 Å². The highest BCUT2D eigenvalue weighted by Gasteiger charge is 2.27. The van der Waals surface area contributed by atoms with Crippen molar-refractivity contribution in [2.45, 2.75) is 156 Å². The number of halogens is 2. The number of aromatic nitrogens is 2. The molecule has 5 rings (SSSR count). The second-order valence-electron chi connectivity index (χ2n) is 16.6. The van der Waals surface area contributed by atoms with Gasteiger partial charge in [0.25, 0.3) is 0 Å². The number of hydrogen-bond acceptors (Lipinski definition) is 4. The van der Waals surface area contributed by atoms with Crippen LogP contribution in [0.2, 0.25) is 0 Å². The minimum atomic E-state index is -3.15. The van der Waals surface area contributed by atoms with Gasteiger partial charge in [-0.25, -0.2) is 8.63 Å². The van der Waals surface area contributed by atoms with E-state index in [-0.39, 0.29) is 5.76 Å². The van der Waals surface area contributed by atoms with E-state index in [1.54, 1.807) is 0 Å². The lowest BCUT2D eigenvalue weighted by molar-refractivity contribution is 0.104. The number of ketones is 1. The number of fused-ring (bicyclic) bond motifs is 8. The van der Waals surface area contributed by atoms with Crippen molar-refractivity contribution in [3.05, 3.63) is 123 Å². The second kappa shape index (κ2) is 27.7. The van der Waals surface area contributed by atoms with Crippen molar-refractivity contribution in [1.29, 1.82) is 0 Å². The summed E-state index contributed by atoms with van der Waals surface area (Å²) in [6.45, 7) is 9.26. The average Bonchev–Trinajstić information content (AvgIpc) is 3.86. The molecule has 0 aliphatic carbocycles. The van der Waals surface area contributed by atoms with Gasteiger partial charge in [0.2, 0.25) is 5.78 Å². The van der Waals surface area contributed by atoms with E-state index < -0.39 is 13.3 Å². The van der Waals surface area contributed by atoms with Crippen LogP contribution in [0.25, 0.3) is 5.76 Å². The van der Waals surface area contributed by atoms with Gasteiger partial charge in [-0.1, -0.05) is 128 Å². The van der Waals surface area contributed by atoms with Crippen LogP contribution < -0.4 is 9.47 Å². The predicted molar refractivity (Wildman–Crippen MR) is 259 cm³/mol. The van der Waals surface area contributed by atoms with Crippen molar-refractivity contribution in [2.75, 3.05) is 13.2 Å². The van der Waals surface area contributed by atoms with E-state index in [4.69, 9.17) is 14.1 Å². The molecule has 0 radical (unpaired) electrons. The molecule has 2 aromatic heterocycles.